The Morgan fingerprint density at radius 1 is 1.35 bits per heavy atom. The summed E-state index contributed by atoms with van der Waals surface area (Å²) < 4.78 is 5.88. The lowest BCUT2D eigenvalue weighted by atomic mass is 9.94. The molecule has 20 heavy (non-hydrogen) atoms. The summed E-state index contributed by atoms with van der Waals surface area (Å²) in [6.07, 6.45) is 3.95. The Morgan fingerprint density at radius 3 is 3.05 bits per heavy atom. The van der Waals surface area contributed by atoms with Gasteiger partial charge in [0.2, 0.25) is 0 Å². The lowest BCUT2D eigenvalue weighted by Crippen LogP contribution is -2.30. The Balaban J connectivity index is 2.06. The van der Waals surface area contributed by atoms with Crippen molar-refractivity contribution in [3.05, 3.63) is 58.9 Å². The maximum Gasteiger partial charge on any atom is 0.127 e. The van der Waals surface area contributed by atoms with Crippen molar-refractivity contribution in [1.29, 1.82) is 0 Å². The predicted molar refractivity (Wildman–Crippen MR) is 78.4 cm³/mol. The molecule has 1 aliphatic rings. The van der Waals surface area contributed by atoms with E-state index >= 15 is 0 Å². The number of aromatic nitrogens is 1. The fourth-order valence-electron chi connectivity index (χ4n) is 2.75. The predicted octanol–water partition coefficient (Wildman–Crippen LogP) is 2.27. The first-order chi connectivity index (χ1) is 9.79. The highest BCUT2D eigenvalue weighted by molar-refractivity contribution is 5.47. The molecule has 0 fully saturated rings. The van der Waals surface area contributed by atoms with Gasteiger partial charge in [-0.25, -0.2) is 5.43 Å². The van der Waals surface area contributed by atoms with Crippen molar-refractivity contribution in [3.63, 3.8) is 0 Å². The molecule has 0 saturated heterocycles. The minimum atomic E-state index is -0.0789. The Labute approximate surface area is 119 Å². The van der Waals surface area contributed by atoms with Crippen LogP contribution in [0, 0.1) is 6.92 Å². The fourth-order valence-corrected chi connectivity index (χ4v) is 2.75. The van der Waals surface area contributed by atoms with Crippen molar-refractivity contribution in [2.45, 2.75) is 25.8 Å². The molecule has 0 aliphatic carbocycles. The summed E-state index contributed by atoms with van der Waals surface area (Å²) in [4.78, 5) is 4.24. The molecular weight excluding hydrogens is 250 g/mol. The van der Waals surface area contributed by atoms with Crippen LogP contribution in [0.1, 0.15) is 34.8 Å². The van der Waals surface area contributed by atoms with E-state index in [4.69, 9.17) is 10.6 Å². The van der Waals surface area contributed by atoms with Crippen LogP contribution < -0.4 is 16.0 Å². The van der Waals surface area contributed by atoms with Crippen LogP contribution >= 0.6 is 0 Å². The van der Waals surface area contributed by atoms with E-state index in [-0.39, 0.29) is 6.04 Å². The topological polar surface area (TPSA) is 60.2 Å². The van der Waals surface area contributed by atoms with Gasteiger partial charge in [0.05, 0.1) is 12.6 Å². The number of fused-ring (bicyclic) bond motifs is 1. The molecular formula is C16H19N3O. The SMILES string of the molecule is Cc1cc(C(NN)c2cccc3c2OCCC3)ccn1. The van der Waals surface area contributed by atoms with E-state index in [1.165, 1.54) is 5.56 Å². The molecule has 1 aromatic carbocycles. The normalized spacial score (nSPS) is 15.3. The Hall–Kier alpha value is -1.91. The van der Waals surface area contributed by atoms with E-state index in [0.717, 1.165) is 42.0 Å². The first kappa shape index (κ1) is 13.1. The molecule has 2 heterocycles. The van der Waals surface area contributed by atoms with Gasteiger partial charge in [0.25, 0.3) is 0 Å². The molecule has 1 unspecified atom stereocenters. The highest BCUT2D eigenvalue weighted by Crippen LogP contribution is 2.35. The zero-order chi connectivity index (χ0) is 13.9. The second-order valence-corrected chi connectivity index (χ2v) is 5.12. The zero-order valence-electron chi connectivity index (χ0n) is 11.6. The van der Waals surface area contributed by atoms with Gasteiger partial charge in [0, 0.05) is 17.5 Å². The minimum absolute atomic E-state index is 0.0789. The Bertz CT molecular complexity index is 612. The van der Waals surface area contributed by atoms with Crippen LogP contribution in [-0.4, -0.2) is 11.6 Å². The molecule has 3 N–H and O–H groups in total. The molecule has 0 amide bonds. The van der Waals surface area contributed by atoms with Crippen molar-refractivity contribution in [2.75, 3.05) is 6.61 Å². The average molecular weight is 269 g/mol. The van der Waals surface area contributed by atoms with Crippen LogP contribution in [0.2, 0.25) is 0 Å². The number of pyridine rings is 1. The fraction of sp³-hybridized carbons (Fsp3) is 0.312. The van der Waals surface area contributed by atoms with E-state index in [0.29, 0.717) is 0 Å². The number of nitrogens with two attached hydrogens (primary N) is 1. The van der Waals surface area contributed by atoms with Crippen molar-refractivity contribution < 1.29 is 4.74 Å². The Kier molecular flexibility index (Phi) is 3.67. The van der Waals surface area contributed by atoms with Crippen LogP contribution in [0.25, 0.3) is 0 Å². The molecule has 104 valence electrons. The largest absolute Gasteiger partial charge is 0.493 e. The first-order valence-electron chi connectivity index (χ1n) is 6.93. The van der Waals surface area contributed by atoms with Crippen LogP contribution in [0.4, 0.5) is 0 Å². The molecule has 1 aliphatic heterocycles. The molecule has 0 bridgehead atoms. The van der Waals surface area contributed by atoms with Crippen LogP contribution in [0.5, 0.6) is 5.75 Å². The second-order valence-electron chi connectivity index (χ2n) is 5.12. The van der Waals surface area contributed by atoms with E-state index in [1.54, 1.807) is 0 Å². The quantitative estimate of drug-likeness (QED) is 0.663. The first-order valence-corrected chi connectivity index (χ1v) is 6.93. The number of hydrazine groups is 1. The monoisotopic (exact) mass is 269 g/mol. The van der Waals surface area contributed by atoms with E-state index in [2.05, 4.69) is 28.6 Å². The molecule has 0 spiro atoms. The number of rotatable bonds is 3. The van der Waals surface area contributed by atoms with E-state index in [9.17, 15) is 0 Å². The molecule has 4 nitrogen and oxygen atoms in total. The molecule has 1 aromatic heterocycles. The third-order valence-electron chi connectivity index (χ3n) is 3.70. The summed E-state index contributed by atoms with van der Waals surface area (Å²) in [5.41, 5.74) is 7.34. The summed E-state index contributed by atoms with van der Waals surface area (Å²) in [7, 11) is 0. The molecule has 0 saturated carbocycles. The summed E-state index contributed by atoms with van der Waals surface area (Å²) in [5.74, 6) is 6.78. The molecule has 3 rings (SSSR count). The van der Waals surface area contributed by atoms with Crippen molar-refractivity contribution in [1.82, 2.24) is 10.4 Å². The number of benzene rings is 1. The van der Waals surface area contributed by atoms with Crippen LogP contribution in [-0.2, 0) is 6.42 Å². The number of hydrogen-bond acceptors (Lipinski definition) is 4. The van der Waals surface area contributed by atoms with Gasteiger partial charge in [0.1, 0.15) is 5.75 Å². The molecule has 2 aromatic rings. The van der Waals surface area contributed by atoms with Gasteiger partial charge >= 0.3 is 0 Å². The van der Waals surface area contributed by atoms with Gasteiger partial charge in [-0.05, 0) is 43.0 Å². The zero-order valence-corrected chi connectivity index (χ0v) is 11.6. The average Bonchev–Trinajstić information content (AvgIpc) is 2.48. The smallest absolute Gasteiger partial charge is 0.127 e. The Morgan fingerprint density at radius 2 is 2.25 bits per heavy atom. The molecule has 4 heteroatoms. The number of hydrogen-bond donors (Lipinski definition) is 2. The number of ether oxygens (including phenoxy) is 1. The van der Waals surface area contributed by atoms with Gasteiger partial charge in [-0.2, -0.15) is 0 Å². The van der Waals surface area contributed by atoms with Crippen molar-refractivity contribution in [3.8, 4) is 5.75 Å². The van der Waals surface area contributed by atoms with Gasteiger partial charge < -0.3 is 4.74 Å². The maximum atomic E-state index is 5.88. The lowest BCUT2D eigenvalue weighted by molar-refractivity contribution is 0.283. The number of nitrogens with one attached hydrogen (secondary N) is 1. The van der Waals surface area contributed by atoms with Crippen LogP contribution in [0.3, 0.4) is 0 Å². The lowest BCUT2D eigenvalue weighted by Gasteiger charge is -2.25. The van der Waals surface area contributed by atoms with Gasteiger partial charge in [-0.15, -0.1) is 0 Å². The minimum Gasteiger partial charge on any atom is -0.493 e. The number of nitrogens with zero attached hydrogens (tertiary/aromatic N) is 1. The molecule has 1 atom stereocenters. The summed E-state index contributed by atoms with van der Waals surface area (Å²) in [5, 5.41) is 0. The highest BCUT2D eigenvalue weighted by atomic mass is 16.5. The standard InChI is InChI=1S/C16H19N3O/c1-11-10-13(7-8-18-11)15(19-17)14-6-2-4-12-5-3-9-20-16(12)14/h2,4,6-8,10,15,19H,3,5,9,17H2,1H3. The van der Waals surface area contributed by atoms with E-state index in [1.807, 2.05) is 25.3 Å². The van der Waals surface area contributed by atoms with Gasteiger partial charge in [-0.3, -0.25) is 10.8 Å². The van der Waals surface area contributed by atoms with Gasteiger partial charge in [-0.1, -0.05) is 18.2 Å². The van der Waals surface area contributed by atoms with Gasteiger partial charge in [0.15, 0.2) is 0 Å². The summed E-state index contributed by atoms with van der Waals surface area (Å²) in [6, 6.07) is 10.2. The number of aryl methyl sites for hydroxylation is 2. The van der Waals surface area contributed by atoms with Crippen LogP contribution in [0.15, 0.2) is 36.5 Å². The highest BCUT2D eigenvalue weighted by Gasteiger charge is 2.21. The second kappa shape index (κ2) is 5.61. The third kappa shape index (κ3) is 2.40. The summed E-state index contributed by atoms with van der Waals surface area (Å²) in [6.45, 7) is 2.75. The maximum absolute atomic E-state index is 5.88. The van der Waals surface area contributed by atoms with E-state index < -0.39 is 0 Å². The molecule has 0 radical (unpaired) electrons. The van der Waals surface area contributed by atoms with Crippen molar-refractivity contribution >= 4 is 0 Å². The summed E-state index contributed by atoms with van der Waals surface area (Å²) >= 11 is 0. The third-order valence-corrected chi connectivity index (χ3v) is 3.70. The number of para-hydroxylation sites is 1. The van der Waals surface area contributed by atoms with Crippen molar-refractivity contribution in [2.24, 2.45) is 5.84 Å².